The molecule has 410 valence electrons. The number of oxime groups is 1. The number of H-pyrrole nitrogens is 1. The zero-order chi connectivity index (χ0) is 53.9. The van der Waals surface area contributed by atoms with E-state index in [0.717, 1.165) is 111 Å². The number of amides is 1. The smallest absolute Gasteiger partial charge is 0.254 e. The molecule has 19 heteroatoms. The number of likely N-dealkylation sites (tertiary alicyclic amines) is 2. The standard InChI is InChI=1S/C60H67FN12O6/c1-35(2)55(58(76)72-34-43(74)26-50(72)57-65-60(3,79-69-57)39-14-12-37(13-15-39)45-8-4-6-10-48(45)61)53-28-54(68-78-53)77-44-20-18-40(19-21-44)70-24-22-36(23-25-70)38-29-63-59(64-30-38)73-41-16-17-42(73)33-71(32-41)51-31-62-56-47(51)27-49(66-67-56)46-9-5-7-11-52(46)75/h4-15,27-31,35-36,40-44,50,55,74-75H,16-26,32-34H2,1-3H3,(H,62,67)(H,65,69)/t40-,41?,42?,43-,44+,50+,55-,60-/m1/s1. The van der Waals surface area contributed by atoms with Gasteiger partial charge in [0.05, 0.1) is 23.5 Å². The Hall–Kier alpha value is -7.64. The van der Waals surface area contributed by atoms with E-state index >= 15 is 0 Å². The Labute approximate surface area is 458 Å². The minimum atomic E-state index is -1.04. The molecule has 18 nitrogen and oxygen atoms in total. The Morgan fingerprint density at radius 2 is 1.56 bits per heavy atom. The second-order valence-corrected chi connectivity index (χ2v) is 23.0. The molecule has 6 aliphatic rings. The summed E-state index contributed by atoms with van der Waals surface area (Å²) in [6.07, 6.45) is 13.9. The van der Waals surface area contributed by atoms with Crippen molar-refractivity contribution in [1.82, 2.24) is 45.4 Å². The summed E-state index contributed by atoms with van der Waals surface area (Å²) in [4.78, 5) is 43.1. The molecule has 4 N–H and O–H groups in total. The minimum Gasteiger partial charge on any atom is -0.507 e. The van der Waals surface area contributed by atoms with Crippen LogP contribution in [0.25, 0.3) is 33.4 Å². The van der Waals surface area contributed by atoms with Gasteiger partial charge in [-0.25, -0.2) is 14.4 Å². The van der Waals surface area contributed by atoms with Crippen LogP contribution in [0.4, 0.5) is 16.0 Å². The summed E-state index contributed by atoms with van der Waals surface area (Å²) < 4.78 is 26.8. The average Bonchev–Trinajstić information content (AvgIpc) is 4.48. The van der Waals surface area contributed by atoms with Crippen LogP contribution < -0.4 is 19.9 Å². The van der Waals surface area contributed by atoms with Gasteiger partial charge in [0.1, 0.15) is 23.6 Å². The highest BCUT2D eigenvalue weighted by molar-refractivity contribution is 5.95. The first kappa shape index (κ1) is 50.8. The van der Waals surface area contributed by atoms with Gasteiger partial charge in [0.2, 0.25) is 17.6 Å². The van der Waals surface area contributed by atoms with Gasteiger partial charge in [0.25, 0.3) is 5.88 Å². The zero-order valence-corrected chi connectivity index (χ0v) is 44.8. The number of amidine groups is 1. The lowest BCUT2D eigenvalue weighted by atomic mass is 9.87. The van der Waals surface area contributed by atoms with Crippen LogP contribution >= 0.6 is 0 Å². The molecule has 1 aliphatic carbocycles. The Morgan fingerprint density at radius 1 is 0.848 bits per heavy atom. The number of nitrogens with one attached hydrogen (secondary N) is 2. The molecule has 1 amide bonds. The normalized spacial score (nSPS) is 25.9. The van der Waals surface area contributed by atoms with Gasteiger partial charge in [-0.2, -0.15) is 0 Å². The first-order chi connectivity index (χ1) is 38.4. The number of ether oxygens (including phenoxy) is 1. The number of β-amino-alcohol motifs (C(OH)–C–C–N with tert-alkyl or cyclic N) is 1. The molecule has 2 unspecified atom stereocenters. The molecule has 2 bridgehead atoms. The predicted molar refractivity (Wildman–Crippen MR) is 296 cm³/mol. The molecule has 0 spiro atoms. The van der Waals surface area contributed by atoms with Crippen molar-refractivity contribution in [2.75, 3.05) is 42.5 Å². The summed E-state index contributed by atoms with van der Waals surface area (Å²) in [5.41, 5.74) is 5.35. The van der Waals surface area contributed by atoms with Crippen LogP contribution in [0.5, 0.6) is 11.6 Å². The van der Waals surface area contributed by atoms with Gasteiger partial charge in [0.15, 0.2) is 17.2 Å². The Kier molecular flexibility index (Phi) is 13.4. The van der Waals surface area contributed by atoms with Crippen LogP contribution in [0.1, 0.15) is 107 Å². The number of piperidine rings is 1. The number of aliphatic hydroxyl groups is 1. The number of carbonyl (C=O) groups excluding carboxylic acids is 1. The molecule has 7 aromatic rings. The quantitative estimate of drug-likeness (QED) is 0.0851. The largest absolute Gasteiger partial charge is 0.507 e. The fourth-order valence-electron chi connectivity index (χ4n) is 13.5. The third kappa shape index (κ3) is 9.78. The maximum atomic E-state index is 14.5. The number of phenolic OH excluding ortho intramolecular Hbond substituents is 1. The SMILES string of the molecule is CC(C)[C@@H](C(=O)N1C[C@H](O)C[C@H]1C1=NO[C@](C)(c2ccc(-c3ccccc3F)cc2)N1)c1cc(O[C@H]2CC[C@@H](N3CCC(c4cnc(N5C6CCC5CN(c5c[nH]c7nnc(-c8ccccc8O)cc57)C6)nc4)CC3)CC2)no1. The lowest BCUT2D eigenvalue weighted by Gasteiger charge is -2.42. The number of aromatic amines is 1. The number of hydrogen-bond acceptors (Lipinski definition) is 16. The number of aromatic nitrogens is 6. The number of benzene rings is 3. The number of hydrogen-bond donors (Lipinski definition) is 4. The molecule has 9 heterocycles. The maximum Gasteiger partial charge on any atom is 0.254 e. The van der Waals surface area contributed by atoms with Crippen molar-refractivity contribution in [1.29, 1.82) is 0 Å². The highest BCUT2D eigenvalue weighted by atomic mass is 19.1. The van der Waals surface area contributed by atoms with Crippen LogP contribution in [0.15, 0.2) is 113 Å². The summed E-state index contributed by atoms with van der Waals surface area (Å²) in [7, 11) is 0. The number of para-hydroxylation sites is 1. The van der Waals surface area contributed by atoms with Crippen molar-refractivity contribution < 1.29 is 33.5 Å². The molecule has 79 heavy (non-hydrogen) atoms. The van der Waals surface area contributed by atoms with Crippen molar-refractivity contribution >= 4 is 34.4 Å². The number of carbonyl (C=O) groups is 1. The highest BCUT2D eigenvalue weighted by Gasteiger charge is 2.47. The lowest BCUT2D eigenvalue weighted by Crippen LogP contribution is -2.54. The Morgan fingerprint density at radius 3 is 2.28 bits per heavy atom. The van der Waals surface area contributed by atoms with Crippen molar-refractivity contribution in [3.63, 3.8) is 0 Å². The van der Waals surface area contributed by atoms with Gasteiger partial charge in [-0.3, -0.25) is 4.79 Å². The topological polar surface area (TPSA) is 207 Å². The van der Waals surface area contributed by atoms with E-state index in [0.29, 0.717) is 64.8 Å². The van der Waals surface area contributed by atoms with E-state index in [-0.39, 0.29) is 36.0 Å². The van der Waals surface area contributed by atoms with E-state index < -0.39 is 23.8 Å². The number of halogens is 1. The number of piperazine rings is 1. The second-order valence-electron chi connectivity index (χ2n) is 23.0. The van der Waals surface area contributed by atoms with Gasteiger partial charge in [0, 0.05) is 97.8 Å². The molecule has 4 saturated heterocycles. The number of aliphatic hydroxyl groups excluding tert-OH is 1. The molecule has 5 fully saturated rings. The van der Waals surface area contributed by atoms with Crippen molar-refractivity contribution in [3.05, 3.63) is 126 Å². The van der Waals surface area contributed by atoms with Crippen molar-refractivity contribution in [2.24, 2.45) is 11.1 Å². The molecule has 5 aliphatic heterocycles. The molecule has 0 radical (unpaired) electrons. The van der Waals surface area contributed by atoms with E-state index in [1.165, 1.54) is 11.6 Å². The van der Waals surface area contributed by atoms with Crippen LogP contribution in [0.3, 0.4) is 0 Å². The summed E-state index contributed by atoms with van der Waals surface area (Å²) in [5, 5.41) is 43.4. The van der Waals surface area contributed by atoms with Crippen LogP contribution in [0.2, 0.25) is 0 Å². The van der Waals surface area contributed by atoms with Gasteiger partial charge in [-0.1, -0.05) is 73.6 Å². The van der Waals surface area contributed by atoms with Crippen molar-refractivity contribution in [3.8, 4) is 34.0 Å². The van der Waals surface area contributed by atoms with Gasteiger partial charge >= 0.3 is 0 Å². The summed E-state index contributed by atoms with van der Waals surface area (Å²) in [6, 6.07) is 25.7. The number of nitrogens with zero attached hydrogens (tertiary/aromatic N) is 10. The van der Waals surface area contributed by atoms with E-state index in [9.17, 15) is 19.4 Å². The first-order valence-electron chi connectivity index (χ1n) is 28.2. The summed E-state index contributed by atoms with van der Waals surface area (Å²) in [6.45, 7) is 9.74. The van der Waals surface area contributed by atoms with E-state index in [1.54, 1.807) is 41.3 Å². The molecular weight excluding hydrogens is 1000 g/mol. The highest BCUT2D eigenvalue weighted by Crippen LogP contribution is 2.41. The minimum absolute atomic E-state index is 0.00359. The van der Waals surface area contributed by atoms with E-state index in [2.05, 4.69) is 57.9 Å². The molecule has 3 aromatic carbocycles. The summed E-state index contributed by atoms with van der Waals surface area (Å²) in [5.74, 6) is 1.40. The van der Waals surface area contributed by atoms with E-state index in [1.807, 2.05) is 69.4 Å². The lowest BCUT2D eigenvalue weighted by molar-refractivity contribution is -0.134. The monoisotopic (exact) mass is 1070 g/mol. The average molecular weight is 1070 g/mol. The Bertz CT molecular complexity index is 3340. The van der Waals surface area contributed by atoms with E-state index in [4.69, 9.17) is 24.1 Å². The second kappa shape index (κ2) is 20.9. The number of rotatable bonds is 13. The fourth-order valence-corrected chi connectivity index (χ4v) is 13.5. The maximum absolute atomic E-state index is 14.5. The number of phenols is 1. The molecule has 4 aromatic heterocycles. The van der Waals surface area contributed by atoms with Gasteiger partial charge in [-0.05, 0) is 117 Å². The zero-order valence-electron chi connectivity index (χ0n) is 44.8. The van der Waals surface area contributed by atoms with Gasteiger partial charge in [-0.15, -0.1) is 10.2 Å². The van der Waals surface area contributed by atoms with Crippen LogP contribution in [-0.4, -0.2) is 131 Å². The Balaban J connectivity index is 0.578. The fraction of sp³-hybridized carbons (Fsp3) is 0.450. The molecule has 1 saturated carbocycles. The number of fused-ring (bicyclic) bond motifs is 3. The first-order valence-corrected chi connectivity index (χ1v) is 28.2. The van der Waals surface area contributed by atoms with Gasteiger partial charge < -0.3 is 54.2 Å². The van der Waals surface area contributed by atoms with Crippen molar-refractivity contribution in [2.45, 2.75) is 132 Å². The predicted octanol–water partition coefficient (Wildman–Crippen LogP) is 8.85. The summed E-state index contributed by atoms with van der Waals surface area (Å²) >= 11 is 0. The third-order valence-electron chi connectivity index (χ3n) is 17.7. The number of aromatic hydroxyl groups is 1. The molecular formula is C60H67FN12O6. The van der Waals surface area contributed by atoms with Crippen LogP contribution in [0, 0.1) is 11.7 Å². The number of anilines is 2. The third-order valence-corrected chi connectivity index (χ3v) is 17.7. The van der Waals surface area contributed by atoms with Crippen LogP contribution in [-0.2, 0) is 15.4 Å². The molecule has 6 atom stereocenters. The molecule has 13 rings (SSSR count).